The number of amides is 1. The van der Waals surface area contributed by atoms with Crippen molar-refractivity contribution in [2.45, 2.75) is 18.8 Å². The van der Waals surface area contributed by atoms with E-state index in [1.165, 1.54) is 28.9 Å². The van der Waals surface area contributed by atoms with Crippen LogP contribution in [-0.4, -0.2) is 15.6 Å². The monoisotopic (exact) mass is 323 g/mol. The Balaban J connectivity index is 1.79. The maximum absolute atomic E-state index is 13.0. The molecule has 1 saturated carbocycles. The smallest absolute Gasteiger partial charge is 0.267 e. The van der Waals surface area contributed by atoms with Crippen molar-refractivity contribution in [3.8, 4) is 0 Å². The molecule has 6 heteroatoms. The van der Waals surface area contributed by atoms with Crippen molar-refractivity contribution in [1.29, 1.82) is 0 Å². The average Bonchev–Trinajstić information content (AvgIpc) is 3.43. The summed E-state index contributed by atoms with van der Waals surface area (Å²) in [7, 11) is 0. The molecule has 3 aromatic rings. The molecule has 120 valence electrons. The van der Waals surface area contributed by atoms with Gasteiger partial charge in [-0.05, 0) is 49.2 Å². The zero-order chi connectivity index (χ0) is 16.7. The summed E-state index contributed by atoms with van der Waals surface area (Å²) in [5.74, 6) is -0.157. The van der Waals surface area contributed by atoms with Gasteiger partial charge in [0.15, 0.2) is 0 Å². The van der Waals surface area contributed by atoms with Crippen LogP contribution in [0.3, 0.4) is 0 Å². The van der Waals surface area contributed by atoms with Gasteiger partial charge in [0.25, 0.3) is 11.5 Å². The van der Waals surface area contributed by atoms with E-state index >= 15 is 0 Å². The van der Waals surface area contributed by atoms with Gasteiger partial charge in [-0.2, -0.15) is 0 Å². The molecule has 1 aromatic heterocycles. The van der Waals surface area contributed by atoms with Crippen LogP contribution in [0.4, 0.5) is 4.39 Å². The first-order valence-electron chi connectivity index (χ1n) is 7.72. The van der Waals surface area contributed by atoms with Crippen LogP contribution in [0, 0.1) is 5.82 Å². The van der Waals surface area contributed by atoms with Crippen molar-refractivity contribution in [3.63, 3.8) is 0 Å². The third-order valence-corrected chi connectivity index (χ3v) is 4.06. The minimum atomic E-state index is -0.476. The van der Waals surface area contributed by atoms with Gasteiger partial charge in [-0.15, -0.1) is 0 Å². The number of hydrogen-bond acceptors (Lipinski definition) is 3. The second-order valence-corrected chi connectivity index (χ2v) is 5.85. The van der Waals surface area contributed by atoms with Crippen LogP contribution < -0.4 is 11.0 Å². The van der Waals surface area contributed by atoms with E-state index in [0.717, 1.165) is 12.8 Å². The molecule has 4 rings (SSSR count). The average molecular weight is 323 g/mol. The fourth-order valence-corrected chi connectivity index (χ4v) is 2.64. The molecule has 1 heterocycles. The first-order chi connectivity index (χ1) is 11.6. The van der Waals surface area contributed by atoms with Gasteiger partial charge in [-0.25, -0.2) is 14.1 Å². The van der Waals surface area contributed by atoms with Crippen LogP contribution in [0.2, 0.25) is 0 Å². The second-order valence-electron chi connectivity index (χ2n) is 5.85. The molecular formula is C18H14FN3O2. The largest absolute Gasteiger partial charge is 0.280 e. The zero-order valence-corrected chi connectivity index (χ0v) is 12.7. The highest BCUT2D eigenvalue weighted by Crippen LogP contribution is 2.38. The maximum Gasteiger partial charge on any atom is 0.280 e. The number of halogens is 1. The Hall–Kier alpha value is -3.02. The molecule has 0 unspecified atom stereocenters. The number of carbonyl (C=O) groups excluding carboxylic acids is 1. The number of benzene rings is 2. The molecule has 0 spiro atoms. The van der Waals surface area contributed by atoms with Crippen molar-refractivity contribution >= 4 is 16.8 Å². The van der Waals surface area contributed by atoms with Gasteiger partial charge in [0.1, 0.15) is 11.6 Å². The van der Waals surface area contributed by atoms with E-state index in [1.807, 2.05) is 6.07 Å². The van der Waals surface area contributed by atoms with Crippen molar-refractivity contribution in [2.75, 3.05) is 5.43 Å². The van der Waals surface area contributed by atoms with Crippen LogP contribution >= 0.6 is 0 Å². The van der Waals surface area contributed by atoms with Crippen molar-refractivity contribution < 1.29 is 9.18 Å². The molecule has 0 radical (unpaired) electrons. The molecular weight excluding hydrogens is 309 g/mol. The van der Waals surface area contributed by atoms with Crippen molar-refractivity contribution in [3.05, 3.63) is 76.1 Å². The quantitative estimate of drug-likeness (QED) is 0.806. The Morgan fingerprint density at radius 3 is 2.54 bits per heavy atom. The normalized spacial score (nSPS) is 13.9. The fourth-order valence-electron chi connectivity index (χ4n) is 2.64. The Bertz CT molecular complexity index is 991. The highest BCUT2D eigenvalue weighted by molar-refractivity contribution is 6.00. The first-order valence-corrected chi connectivity index (χ1v) is 7.72. The lowest BCUT2D eigenvalue weighted by Gasteiger charge is -2.14. The lowest BCUT2D eigenvalue weighted by Crippen LogP contribution is -2.36. The van der Waals surface area contributed by atoms with Gasteiger partial charge >= 0.3 is 0 Å². The molecule has 0 atom stereocenters. The lowest BCUT2D eigenvalue weighted by molar-refractivity contribution is 0.101. The van der Waals surface area contributed by atoms with Crippen LogP contribution in [0.1, 0.15) is 34.9 Å². The predicted molar refractivity (Wildman–Crippen MR) is 88.1 cm³/mol. The van der Waals surface area contributed by atoms with Gasteiger partial charge in [0.05, 0.1) is 10.9 Å². The molecule has 0 aliphatic heterocycles. The fraction of sp³-hybridized carbons (Fsp3) is 0.167. The molecule has 24 heavy (non-hydrogen) atoms. The number of nitrogens with one attached hydrogen (secondary N) is 1. The van der Waals surface area contributed by atoms with E-state index in [2.05, 4.69) is 10.4 Å². The number of para-hydroxylation sites is 1. The van der Waals surface area contributed by atoms with E-state index in [4.69, 9.17) is 0 Å². The number of rotatable bonds is 3. The van der Waals surface area contributed by atoms with E-state index in [9.17, 15) is 14.0 Å². The zero-order valence-electron chi connectivity index (χ0n) is 12.7. The van der Waals surface area contributed by atoms with Crippen LogP contribution in [0.5, 0.6) is 0 Å². The second kappa shape index (κ2) is 5.56. The number of fused-ring (bicyclic) bond motifs is 1. The summed E-state index contributed by atoms with van der Waals surface area (Å²) in [5.41, 5.74) is 3.20. The number of nitrogens with zero attached hydrogens (tertiary/aromatic N) is 2. The number of hydrogen-bond donors (Lipinski definition) is 1. The lowest BCUT2D eigenvalue weighted by atomic mass is 10.2. The van der Waals surface area contributed by atoms with Crippen molar-refractivity contribution in [2.24, 2.45) is 0 Å². The Morgan fingerprint density at radius 1 is 1.12 bits per heavy atom. The molecule has 5 nitrogen and oxygen atoms in total. The molecule has 1 aliphatic carbocycles. The summed E-state index contributed by atoms with van der Waals surface area (Å²) in [6.45, 7) is 0. The highest BCUT2D eigenvalue weighted by atomic mass is 19.1. The maximum atomic E-state index is 13.0. The third kappa shape index (κ3) is 2.56. The first kappa shape index (κ1) is 14.6. The van der Waals surface area contributed by atoms with Crippen LogP contribution in [0.15, 0.2) is 53.3 Å². The minimum Gasteiger partial charge on any atom is -0.267 e. The topological polar surface area (TPSA) is 64.0 Å². The van der Waals surface area contributed by atoms with Crippen LogP contribution in [-0.2, 0) is 0 Å². The number of aromatic nitrogens is 2. The van der Waals surface area contributed by atoms with Crippen molar-refractivity contribution in [1.82, 2.24) is 9.66 Å². The van der Waals surface area contributed by atoms with E-state index < -0.39 is 11.7 Å². The van der Waals surface area contributed by atoms with Gasteiger partial charge in [0, 0.05) is 11.5 Å². The molecule has 0 bridgehead atoms. The Labute approximate surface area is 136 Å². The van der Waals surface area contributed by atoms with Gasteiger partial charge in [-0.1, -0.05) is 12.1 Å². The summed E-state index contributed by atoms with van der Waals surface area (Å²) < 4.78 is 14.2. The number of carbonyl (C=O) groups is 1. The van der Waals surface area contributed by atoms with E-state index in [1.54, 1.807) is 18.2 Å². The standard InChI is InChI=1S/C18H14FN3O2/c19-13-9-7-12(8-10-13)17(23)21-22-16(11-5-6-11)20-15-4-2-1-3-14(15)18(22)24/h1-4,7-11H,5-6H2,(H,21,23). The summed E-state index contributed by atoms with van der Waals surface area (Å²) in [4.78, 5) is 29.7. The highest BCUT2D eigenvalue weighted by Gasteiger charge is 2.30. The van der Waals surface area contributed by atoms with E-state index in [-0.39, 0.29) is 17.0 Å². The Morgan fingerprint density at radius 2 is 1.83 bits per heavy atom. The summed E-state index contributed by atoms with van der Waals surface area (Å²) >= 11 is 0. The predicted octanol–water partition coefficient (Wildman–Crippen LogP) is 2.80. The third-order valence-electron chi connectivity index (χ3n) is 4.06. The molecule has 0 saturated heterocycles. The van der Waals surface area contributed by atoms with Crippen LogP contribution in [0.25, 0.3) is 10.9 Å². The summed E-state index contributed by atoms with van der Waals surface area (Å²) in [6, 6.07) is 12.2. The molecule has 1 aliphatic rings. The van der Waals surface area contributed by atoms with Gasteiger partial charge in [-0.3, -0.25) is 15.0 Å². The van der Waals surface area contributed by atoms with Gasteiger partial charge < -0.3 is 0 Å². The summed E-state index contributed by atoms with van der Waals surface area (Å²) in [6.07, 6.45) is 1.88. The Kier molecular flexibility index (Phi) is 3.37. The molecule has 1 amide bonds. The summed E-state index contributed by atoms with van der Waals surface area (Å²) in [5, 5.41) is 0.446. The van der Waals surface area contributed by atoms with E-state index in [0.29, 0.717) is 16.7 Å². The molecule has 1 fully saturated rings. The molecule has 1 N–H and O–H groups in total. The SMILES string of the molecule is O=C(Nn1c(C2CC2)nc2ccccc2c1=O)c1ccc(F)cc1. The molecule has 2 aromatic carbocycles. The minimum absolute atomic E-state index is 0.177. The van der Waals surface area contributed by atoms with Gasteiger partial charge in [0.2, 0.25) is 0 Å².